The highest BCUT2D eigenvalue weighted by Gasteiger charge is 2.21. The van der Waals surface area contributed by atoms with Gasteiger partial charge in [0.25, 0.3) is 0 Å². The Morgan fingerprint density at radius 3 is 2.50 bits per heavy atom. The molecule has 0 aliphatic carbocycles. The molecule has 0 saturated carbocycles. The highest BCUT2D eigenvalue weighted by molar-refractivity contribution is 6.39. The maximum absolute atomic E-state index is 11.4. The molecule has 0 spiro atoms. The Hall–Kier alpha value is -4.12. The van der Waals surface area contributed by atoms with Crippen LogP contribution in [0.1, 0.15) is 18.4 Å². The number of nitrogens with zero attached hydrogens (tertiary/aromatic N) is 3. The van der Waals surface area contributed by atoms with Gasteiger partial charge in [-0.3, -0.25) is 9.48 Å². The van der Waals surface area contributed by atoms with E-state index in [0.29, 0.717) is 47.7 Å². The lowest BCUT2D eigenvalue weighted by atomic mass is 9.97. The molecule has 2 aromatic carbocycles. The standard InChI is InChI=1S/C30H30Cl2N6O4/c1-42-29-18(14-33-16-20-9-11-26(39)36-20)8-10-25(37-29)24-7-3-6-23(28(24)32)22-5-2-4-21(27(22)31)19-15-35-38(17-19)13-12-34-30(40)41/h2-8,10,15,17,20,33-34H,9,11-14,16H2,1H3,(H,36,39)(H,40,41). The Balaban J connectivity index is 1.36. The molecule has 42 heavy (non-hydrogen) atoms. The van der Waals surface area contributed by atoms with E-state index >= 15 is 0 Å². The van der Waals surface area contributed by atoms with Crippen LogP contribution in [0.25, 0.3) is 33.5 Å². The molecule has 4 N–H and O–H groups in total. The number of amides is 2. The first-order valence-electron chi connectivity index (χ1n) is 13.5. The molecule has 10 nitrogen and oxygen atoms in total. The number of nitrogens with one attached hydrogen (secondary N) is 3. The first-order chi connectivity index (χ1) is 20.3. The molecule has 1 fully saturated rings. The molecule has 1 aliphatic rings. The van der Waals surface area contributed by atoms with Crippen LogP contribution < -0.4 is 20.7 Å². The molecular formula is C30H30Cl2N6O4. The summed E-state index contributed by atoms with van der Waals surface area (Å²) in [4.78, 5) is 26.9. The Bertz CT molecular complexity index is 1610. The summed E-state index contributed by atoms with van der Waals surface area (Å²) in [5, 5.41) is 22.8. The van der Waals surface area contributed by atoms with Gasteiger partial charge in [-0.1, -0.05) is 65.7 Å². The van der Waals surface area contributed by atoms with Crippen molar-refractivity contribution in [1.82, 2.24) is 30.7 Å². The summed E-state index contributed by atoms with van der Waals surface area (Å²) in [6.45, 7) is 1.85. The monoisotopic (exact) mass is 608 g/mol. The van der Waals surface area contributed by atoms with Crippen LogP contribution in [-0.2, 0) is 17.9 Å². The molecule has 4 aromatic rings. The molecular weight excluding hydrogens is 579 g/mol. The molecule has 1 atom stereocenters. The predicted octanol–water partition coefficient (Wildman–Crippen LogP) is 5.23. The van der Waals surface area contributed by atoms with Crippen molar-refractivity contribution < 1.29 is 19.4 Å². The molecule has 0 radical (unpaired) electrons. The Labute approximate surface area is 253 Å². The zero-order valence-electron chi connectivity index (χ0n) is 22.9. The Morgan fingerprint density at radius 2 is 1.81 bits per heavy atom. The van der Waals surface area contributed by atoms with Crippen LogP contribution in [0.4, 0.5) is 4.79 Å². The fourth-order valence-electron chi connectivity index (χ4n) is 4.95. The third kappa shape index (κ3) is 6.67. The number of aromatic nitrogens is 3. The van der Waals surface area contributed by atoms with Gasteiger partial charge in [0.05, 0.1) is 35.6 Å². The van der Waals surface area contributed by atoms with E-state index in [0.717, 1.165) is 39.8 Å². The van der Waals surface area contributed by atoms with Gasteiger partial charge in [0.2, 0.25) is 11.8 Å². The molecule has 12 heteroatoms. The highest BCUT2D eigenvalue weighted by atomic mass is 35.5. The first kappa shape index (κ1) is 29.4. The van der Waals surface area contributed by atoms with E-state index in [4.69, 9.17) is 38.0 Å². The van der Waals surface area contributed by atoms with Gasteiger partial charge in [-0.25, -0.2) is 9.78 Å². The van der Waals surface area contributed by atoms with Crippen molar-refractivity contribution >= 4 is 35.2 Å². The number of carbonyl (C=O) groups is 2. The summed E-state index contributed by atoms with van der Waals surface area (Å²) in [6, 6.07) is 15.5. The number of benzene rings is 2. The third-order valence-corrected chi connectivity index (χ3v) is 7.86. The van der Waals surface area contributed by atoms with Crippen molar-refractivity contribution in [3.63, 3.8) is 0 Å². The third-order valence-electron chi connectivity index (χ3n) is 7.05. The second kappa shape index (κ2) is 13.2. The van der Waals surface area contributed by atoms with Crippen molar-refractivity contribution in [2.45, 2.75) is 32.0 Å². The smallest absolute Gasteiger partial charge is 0.404 e. The maximum atomic E-state index is 11.4. The van der Waals surface area contributed by atoms with E-state index in [-0.39, 0.29) is 18.5 Å². The zero-order chi connectivity index (χ0) is 29.6. The second-order valence-corrected chi connectivity index (χ2v) is 10.6. The molecule has 218 valence electrons. The Kier molecular flexibility index (Phi) is 9.26. The summed E-state index contributed by atoms with van der Waals surface area (Å²) in [5.41, 5.74) is 5.39. The summed E-state index contributed by atoms with van der Waals surface area (Å²) >= 11 is 13.9. The van der Waals surface area contributed by atoms with Gasteiger partial charge in [-0.2, -0.15) is 5.10 Å². The predicted molar refractivity (Wildman–Crippen MR) is 162 cm³/mol. The van der Waals surface area contributed by atoms with Gasteiger partial charge >= 0.3 is 6.09 Å². The summed E-state index contributed by atoms with van der Waals surface area (Å²) in [5.74, 6) is 0.587. The first-order valence-corrected chi connectivity index (χ1v) is 14.2. The topological polar surface area (TPSA) is 130 Å². The van der Waals surface area contributed by atoms with Crippen LogP contribution in [-0.4, -0.2) is 58.1 Å². The summed E-state index contributed by atoms with van der Waals surface area (Å²) < 4.78 is 7.26. The number of carbonyl (C=O) groups excluding carboxylic acids is 1. The van der Waals surface area contributed by atoms with Crippen molar-refractivity contribution in [3.8, 4) is 39.4 Å². The lowest BCUT2D eigenvalue weighted by Crippen LogP contribution is -2.35. The minimum absolute atomic E-state index is 0.0939. The number of ether oxygens (including phenoxy) is 1. The number of halogens is 2. The minimum Gasteiger partial charge on any atom is -0.481 e. The lowest BCUT2D eigenvalue weighted by Gasteiger charge is -2.15. The average Bonchev–Trinajstić information content (AvgIpc) is 3.62. The van der Waals surface area contributed by atoms with Gasteiger partial charge in [0.15, 0.2) is 0 Å². The molecule has 0 bridgehead atoms. The van der Waals surface area contributed by atoms with Crippen LogP contribution in [0.3, 0.4) is 0 Å². The number of carboxylic acid groups (broad SMARTS) is 1. The van der Waals surface area contributed by atoms with Crippen LogP contribution in [0, 0.1) is 0 Å². The molecule has 5 rings (SSSR count). The van der Waals surface area contributed by atoms with E-state index in [1.54, 1.807) is 18.0 Å². The largest absolute Gasteiger partial charge is 0.481 e. The fourth-order valence-corrected chi connectivity index (χ4v) is 5.61. The van der Waals surface area contributed by atoms with Crippen LogP contribution in [0.5, 0.6) is 5.88 Å². The Morgan fingerprint density at radius 1 is 1.10 bits per heavy atom. The van der Waals surface area contributed by atoms with E-state index in [9.17, 15) is 9.59 Å². The average molecular weight is 610 g/mol. The van der Waals surface area contributed by atoms with E-state index in [2.05, 4.69) is 21.0 Å². The van der Waals surface area contributed by atoms with Gasteiger partial charge < -0.3 is 25.8 Å². The van der Waals surface area contributed by atoms with Gasteiger partial charge in [0, 0.05) is 71.7 Å². The number of hydrogen-bond donors (Lipinski definition) is 4. The van der Waals surface area contributed by atoms with E-state index < -0.39 is 6.09 Å². The van der Waals surface area contributed by atoms with Crippen molar-refractivity contribution in [2.24, 2.45) is 0 Å². The maximum Gasteiger partial charge on any atom is 0.404 e. The molecule has 1 unspecified atom stereocenters. The van der Waals surface area contributed by atoms with E-state index in [1.165, 1.54) is 0 Å². The second-order valence-electron chi connectivity index (χ2n) is 9.86. The number of hydrogen-bond acceptors (Lipinski definition) is 6. The molecule has 1 saturated heterocycles. The van der Waals surface area contributed by atoms with Crippen molar-refractivity contribution in [1.29, 1.82) is 0 Å². The van der Waals surface area contributed by atoms with Crippen LogP contribution in [0.15, 0.2) is 60.9 Å². The number of pyridine rings is 1. The summed E-state index contributed by atoms with van der Waals surface area (Å²) in [7, 11) is 1.58. The number of methoxy groups -OCH3 is 1. The molecule has 1 aliphatic heterocycles. The van der Waals surface area contributed by atoms with Gasteiger partial charge in [0.1, 0.15) is 0 Å². The van der Waals surface area contributed by atoms with Crippen molar-refractivity contribution in [2.75, 3.05) is 20.2 Å². The molecule has 2 amide bonds. The summed E-state index contributed by atoms with van der Waals surface area (Å²) in [6.07, 6.45) is 3.84. The normalized spacial score (nSPS) is 14.5. The number of rotatable bonds is 11. The SMILES string of the molecule is COc1nc(-c2cccc(-c3cccc(-c4cnn(CCNC(=O)O)c4)c3Cl)c2Cl)ccc1CNCC1CCC(=O)N1. The van der Waals surface area contributed by atoms with Crippen molar-refractivity contribution in [3.05, 3.63) is 76.5 Å². The fraction of sp³-hybridized carbons (Fsp3) is 0.267. The van der Waals surface area contributed by atoms with Crippen LogP contribution in [0.2, 0.25) is 10.0 Å². The van der Waals surface area contributed by atoms with E-state index in [1.807, 2.05) is 54.7 Å². The zero-order valence-corrected chi connectivity index (χ0v) is 24.4. The molecule has 2 aromatic heterocycles. The molecule has 3 heterocycles. The van der Waals surface area contributed by atoms with Crippen LogP contribution >= 0.6 is 23.2 Å². The highest BCUT2D eigenvalue weighted by Crippen LogP contribution is 2.42. The van der Waals surface area contributed by atoms with Gasteiger partial charge in [-0.05, 0) is 12.5 Å². The van der Waals surface area contributed by atoms with Gasteiger partial charge in [-0.15, -0.1) is 0 Å². The lowest BCUT2D eigenvalue weighted by molar-refractivity contribution is -0.119. The minimum atomic E-state index is -1.08. The quantitative estimate of drug-likeness (QED) is 0.183.